The third-order valence-corrected chi connectivity index (χ3v) is 5.35. The van der Waals surface area contributed by atoms with Crippen LogP contribution >= 0.6 is 0 Å². The van der Waals surface area contributed by atoms with Gasteiger partial charge in [-0.05, 0) is 57.5 Å². The Kier molecular flexibility index (Phi) is 6.26. The third-order valence-electron chi connectivity index (χ3n) is 5.35. The maximum Gasteiger partial charge on any atom is 0.255 e. The highest BCUT2D eigenvalue weighted by Crippen LogP contribution is 2.27. The second-order valence-electron chi connectivity index (χ2n) is 8.29. The fourth-order valence-electron chi connectivity index (χ4n) is 3.85. The van der Waals surface area contributed by atoms with E-state index >= 15 is 0 Å². The Hall–Kier alpha value is -2.11. The molecule has 2 aromatic carbocycles. The Labute approximate surface area is 168 Å². The molecule has 152 valence electrons. The van der Waals surface area contributed by atoms with Gasteiger partial charge in [0.25, 0.3) is 5.91 Å². The number of rotatable bonds is 6. The number of fused-ring (bicyclic) bond motifs is 1. The lowest BCUT2D eigenvalue weighted by Gasteiger charge is -2.45. The number of amides is 1. The number of carbonyl (C=O) groups is 1. The van der Waals surface area contributed by atoms with Crippen LogP contribution in [-0.4, -0.2) is 54.8 Å². The lowest BCUT2D eigenvalue weighted by molar-refractivity contribution is -0.0948. The van der Waals surface area contributed by atoms with Gasteiger partial charge in [-0.3, -0.25) is 9.69 Å². The summed E-state index contributed by atoms with van der Waals surface area (Å²) >= 11 is 0. The zero-order valence-corrected chi connectivity index (χ0v) is 17.6. The summed E-state index contributed by atoms with van der Waals surface area (Å²) in [5, 5.41) is 5.23. The van der Waals surface area contributed by atoms with Crippen LogP contribution in [0.5, 0.6) is 5.75 Å². The molecule has 1 aliphatic heterocycles. The molecule has 1 fully saturated rings. The van der Waals surface area contributed by atoms with E-state index in [2.05, 4.69) is 37.9 Å². The zero-order valence-electron chi connectivity index (χ0n) is 17.6. The highest BCUT2D eigenvalue weighted by molar-refractivity contribution is 6.01. The van der Waals surface area contributed by atoms with Gasteiger partial charge >= 0.3 is 0 Å². The minimum atomic E-state index is -0.162. The minimum Gasteiger partial charge on any atom is -0.493 e. The van der Waals surface area contributed by atoms with Crippen molar-refractivity contribution < 1.29 is 14.3 Å². The van der Waals surface area contributed by atoms with Gasteiger partial charge in [0.05, 0.1) is 24.4 Å². The van der Waals surface area contributed by atoms with Crippen molar-refractivity contribution in [2.24, 2.45) is 0 Å². The molecule has 1 amide bonds. The average molecular weight is 385 g/mol. The van der Waals surface area contributed by atoms with Crippen LogP contribution in [0, 0.1) is 0 Å². The Morgan fingerprint density at radius 1 is 1.18 bits per heavy atom. The second kappa shape index (κ2) is 8.50. The maximum absolute atomic E-state index is 13.0. The van der Waals surface area contributed by atoms with Gasteiger partial charge in [-0.15, -0.1) is 0 Å². The Morgan fingerprint density at radius 3 is 2.39 bits per heavy atom. The molecule has 0 radical (unpaired) electrons. The molecule has 5 heteroatoms. The van der Waals surface area contributed by atoms with Gasteiger partial charge < -0.3 is 14.8 Å². The average Bonchev–Trinajstić information content (AvgIpc) is 2.65. The fraction of sp³-hybridized carbons (Fsp3) is 0.522. The van der Waals surface area contributed by atoms with E-state index in [1.807, 2.05) is 43.3 Å². The molecule has 0 saturated carbocycles. The number of benzene rings is 2. The van der Waals surface area contributed by atoms with Gasteiger partial charge in [-0.2, -0.15) is 0 Å². The summed E-state index contributed by atoms with van der Waals surface area (Å²) < 4.78 is 11.6. The number of hydrogen-bond acceptors (Lipinski definition) is 4. The van der Waals surface area contributed by atoms with Gasteiger partial charge in [0, 0.05) is 25.2 Å². The van der Waals surface area contributed by atoms with Gasteiger partial charge in [0.15, 0.2) is 0 Å². The molecule has 2 atom stereocenters. The number of ether oxygens (including phenoxy) is 2. The summed E-state index contributed by atoms with van der Waals surface area (Å²) in [7, 11) is 0. The van der Waals surface area contributed by atoms with Crippen LogP contribution in [0.2, 0.25) is 0 Å². The molecule has 3 rings (SSSR count). The highest BCUT2D eigenvalue weighted by Gasteiger charge is 2.33. The van der Waals surface area contributed by atoms with Crippen LogP contribution in [0.3, 0.4) is 0 Å². The van der Waals surface area contributed by atoms with Crippen molar-refractivity contribution >= 4 is 16.7 Å². The van der Waals surface area contributed by atoms with Crippen LogP contribution in [0.25, 0.3) is 10.8 Å². The summed E-state index contributed by atoms with van der Waals surface area (Å²) in [5.74, 6) is 0.529. The molecule has 1 heterocycles. The largest absolute Gasteiger partial charge is 0.493 e. The first-order valence-electron chi connectivity index (χ1n) is 10.1. The molecule has 1 saturated heterocycles. The van der Waals surface area contributed by atoms with Crippen molar-refractivity contribution in [3.63, 3.8) is 0 Å². The molecular weight excluding hydrogens is 352 g/mol. The summed E-state index contributed by atoms with van der Waals surface area (Å²) in [6, 6.07) is 11.9. The van der Waals surface area contributed by atoms with Crippen molar-refractivity contribution in [1.82, 2.24) is 10.2 Å². The quantitative estimate of drug-likeness (QED) is 0.822. The highest BCUT2D eigenvalue weighted by atomic mass is 16.5. The predicted molar refractivity (Wildman–Crippen MR) is 113 cm³/mol. The maximum atomic E-state index is 13.0. The molecule has 28 heavy (non-hydrogen) atoms. The van der Waals surface area contributed by atoms with E-state index in [0.29, 0.717) is 24.5 Å². The van der Waals surface area contributed by atoms with Gasteiger partial charge in [0.2, 0.25) is 0 Å². The van der Waals surface area contributed by atoms with Gasteiger partial charge in [-0.1, -0.05) is 24.3 Å². The Morgan fingerprint density at radius 2 is 1.79 bits per heavy atom. The molecule has 0 spiro atoms. The van der Waals surface area contributed by atoms with Crippen LogP contribution in [-0.2, 0) is 4.74 Å². The van der Waals surface area contributed by atoms with Crippen molar-refractivity contribution in [1.29, 1.82) is 0 Å². The molecule has 2 unspecified atom stereocenters. The van der Waals surface area contributed by atoms with Gasteiger partial charge in [0.1, 0.15) is 5.75 Å². The molecule has 0 aromatic heterocycles. The van der Waals surface area contributed by atoms with Crippen molar-refractivity contribution in [2.45, 2.75) is 52.4 Å². The zero-order chi connectivity index (χ0) is 20.3. The first-order chi connectivity index (χ1) is 13.3. The number of carbonyl (C=O) groups excluding carboxylic acids is 1. The first-order valence-corrected chi connectivity index (χ1v) is 10.1. The first kappa shape index (κ1) is 20.6. The van der Waals surface area contributed by atoms with Crippen LogP contribution in [0.15, 0.2) is 36.4 Å². The molecule has 0 bridgehead atoms. The molecule has 2 aromatic rings. The van der Waals surface area contributed by atoms with E-state index in [1.165, 1.54) is 0 Å². The van der Waals surface area contributed by atoms with Crippen LogP contribution in [0.1, 0.15) is 45.0 Å². The van der Waals surface area contributed by atoms with E-state index in [0.717, 1.165) is 23.9 Å². The summed E-state index contributed by atoms with van der Waals surface area (Å²) in [4.78, 5) is 15.4. The lowest BCUT2D eigenvalue weighted by Crippen LogP contribution is -2.58. The molecular formula is C23H32N2O3. The molecule has 1 aliphatic rings. The van der Waals surface area contributed by atoms with Crippen molar-refractivity contribution in [3.05, 3.63) is 42.0 Å². The van der Waals surface area contributed by atoms with E-state index in [4.69, 9.17) is 9.47 Å². The Bertz CT molecular complexity index is 824. The van der Waals surface area contributed by atoms with Crippen LogP contribution < -0.4 is 10.1 Å². The second-order valence-corrected chi connectivity index (χ2v) is 8.29. The topological polar surface area (TPSA) is 50.8 Å². The minimum absolute atomic E-state index is 0.100. The third kappa shape index (κ3) is 4.65. The van der Waals surface area contributed by atoms with Crippen molar-refractivity contribution in [2.75, 3.05) is 26.2 Å². The molecule has 5 nitrogen and oxygen atoms in total. The molecule has 0 aliphatic carbocycles. The van der Waals surface area contributed by atoms with E-state index in [1.54, 1.807) is 0 Å². The number of nitrogens with one attached hydrogen (secondary N) is 1. The molecule has 1 N–H and O–H groups in total. The lowest BCUT2D eigenvalue weighted by atomic mass is 9.99. The normalized spacial score (nSPS) is 20.9. The van der Waals surface area contributed by atoms with Gasteiger partial charge in [-0.25, -0.2) is 0 Å². The standard InChI is InChI=1S/C23H32N2O3/c1-6-27-21-12-19-10-8-7-9-18(19)11-20(21)22(26)24-15-23(4,5)25-13-16(2)28-17(3)14-25/h7-12,16-17H,6,13-15H2,1-5H3,(H,24,26). The summed E-state index contributed by atoms with van der Waals surface area (Å²) in [6.07, 6.45) is 0.396. The number of nitrogens with zero attached hydrogens (tertiary/aromatic N) is 1. The van der Waals surface area contributed by atoms with E-state index in [9.17, 15) is 4.79 Å². The summed E-state index contributed by atoms with van der Waals surface area (Å²) in [6.45, 7) is 13.3. The number of hydrogen-bond donors (Lipinski definition) is 1. The number of morpholine rings is 1. The van der Waals surface area contributed by atoms with Crippen LogP contribution in [0.4, 0.5) is 0 Å². The monoisotopic (exact) mass is 384 g/mol. The Balaban J connectivity index is 1.76. The smallest absolute Gasteiger partial charge is 0.255 e. The summed E-state index contributed by atoms with van der Waals surface area (Å²) in [5.41, 5.74) is 0.421. The van der Waals surface area contributed by atoms with E-state index < -0.39 is 0 Å². The van der Waals surface area contributed by atoms with E-state index in [-0.39, 0.29) is 23.7 Å². The van der Waals surface area contributed by atoms with Crippen molar-refractivity contribution in [3.8, 4) is 5.75 Å². The predicted octanol–water partition coefficient (Wildman–Crippen LogP) is 3.86. The fourth-order valence-corrected chi connectivity index (χ4v) is 3.85. The SMILES string of the molecule is CCOc1cc2ccccc2cc1C(=O)NCC(C)(C)N1CC(C)OC(C)C1.